The van der Waals surface area contributed by atoms with Gasteiger partial charge in [-0.15, -0.1) is 0 Å². The van der Waals surface area contributed by atoms with Gasteiger partial charge in [-0.1, -0.05) is 109 Å². The maximum absolute atomic E-state index is 12.6. The average Bonchev–Trinajstić information content (AvgIpc) is 2.93. The van der Waals surface area contributed by atoms with Gasteiger partial charge < -0.3 is 14.2 Å². The van der Waals surface area contributed by atoms with E-state index in [0.29, 0.717) is 5.41 Å². The molecule has 5 heteroatoms. The molecule has 4 unspecified atom stereocenters. The highest BCUT2D eigenvalue weighted by atomic mass is 32.5. The summed E-state index contributed by atoms with van der Waals surface area (Å²) in [6, 6.07) is 0. The Morgan fingerprint density at radius 1 is 0.509 bits per heavy atom. The largest absolute Gasteiger partial charge is 0.800 e. The Morgan fingerprint density at radius 3 is 1.19 bits per heavy atom. The second-order valence-corrected chi connectivity index (χ2v) is 25.2. The first-order valence-electron chi connectivity index (χ1n) is 22.1. The van der Waals surface area contributed by atoms with Crippen molar-refractivity contribution in [1.82, 2.24) is 0 Å². The van der Waals surface area contributed by atoms with Gasteiger partial charge in [0.05, 0.1) is 16.8 Å². The molecule has 0 aromatic heterocycles. The van der Waals surface area contributed by atoms with Crippen LogP contribution in [0.25, 0.3) is 0 Å². The maximum atomic E-state index is 12.6. The van der Waals surface area contributed by atoms with E-state index in [2.05, 4.69) is 91.8 Å². The Hall–Kier alpha value is -0.250. The Kier molecular flexibility index (Phi) is 23.5. The third kappa shape index (κ3) is 27.1. The highest BCUT2D eigenvalue weighted by molar-refractivity contribution is 8.09. The van der Waals surface area contributed by atoms with Crippen molar-refractivity contribution in [2.45, 2.75) is 247 Å². The van der Waals surface area contributed by atoms with E-state index in [1.54, 1.807) is 0 Å². The zero-order valence-electron chi connectivity index (χ0n) is 37.6. The molecule has 0 bridgehead atoms. The fourth-order valence-corrected chi connectivity index (χ4v) is 9.32. The lowest BCUT2D eigenvalue weighted by molar-refractivity contribution is -0.196. The quantitative estimate of drug-likeness (QED) is 0.155. The lowest BCUT2D eigenvalue weighted by Crippen LogP contribution is -2.35. The number of ether oxygens (including phenoxy) is 1. The second-order valence-electron chi connectivity index (χ2n) is 21.2. The summed E-state index contributed by atoms with van der Waals surface area (Å²) >= 11 is 5.26. The van der Waals surface area contributed by atoms with E-state index in [1.165, 1.54) is 122 Å². The van der Waals surface area contributed by atoms with Crippen molar-refractivity contribution < 1.29 is 14.2 Å². The van der Waals surface area contributed by atoms with Gasteiger partial charge in [0.25, 0.3) is 0 Å². The van der Waals surface area contributed by atoms with E-state index >= 15 is 0 Å². The minimum absolute atomic E-state index is 0.0104. The van der Waals surface area contributed by atoms with Gasteiger partial charge in [-0.2, -0.15) is 0 Å². The van der Waals surface area contributed by atoms with E-state index < -0.39 is 17.2 Å². The standard InChI is InChI=1S/C17H33O2PS.C17H32O.C14H26/c1-16(2,3)20(18,21)19-17(4,5)14-13-15-11-9-7-6-8-10-12-15;1-16(2,3)18-17(4,5)14-13-15-11-9-7-6-8-10-12-15;1-14(2,3)12-11-13-9-7-5-4-6-8-10-13/h6-7,15H,8-14H2,1-5H3,(H,18,21);6-7,15H,8-14H2,1-5H3;4-5,13H,6-12H2,1-3H3/p-1/b2*7-6+;5-4+. The van der Waals surface area contributed by atoms with E-state index in [1.807, 2.05) is 34.6 Å². The number of allylic oxidation sites excluding steroid dienone is 6. The fraction of sp³-hybridized carbons (Fsp3) is 0.875. The van der Waals surface area contributed by atoms with Crippen LogP contribution in [-0.2, 0) is 21.1 Å². The van der Waals surface area contributed by atoms with E-state index in [4.69, 9.17) is 21.1 Å². The van der Waals surface area contributed by atoms with Gasteiger partial charge in [0, 0.05) is 11.6 Å². The monoisotopic (exact) mass is 778 g/mol. The molecule has 0 aromatic carbocycles. The maximum Gasteiger partial charge on any atom is 0.0663 e. The average molecular weight is 778 g/mol. The van der Waals surface area contributed by atoms with Crippen molar-refractivity contribution in [2.24, 2.45) is 23.2 Å². The van der Waals surface area contributed by atoms with E-state index in [-0.39, 0.29) is 11.2 Å². The Morgan fingerprint density at radius 2 is 0.849 bits per heavy atom. The summed E-state index contributed by atoms with van der Waals surface area (Å²) in [6.45, 7) is 24.7. The van der Waals surface area contributed by atoms with Crippen LogP contribution in [0.15, 0.2) is 36.5 Å². The van der Waals surface area contributed by atoms with Crippen molar-refractivity contribution in [3.8, 4) is 0 Å². The van der Waals surface area contributed by atoms with Crippen LogP contribution in [0.1, 0.15) is 225 Å². The van der Waals surface area contributed by atoms with Crippen molar-refractivity contribution in [2.75, 3.05) is 0 Å². The Labute approximate surface area is 337 Å². The van der Waals surface area contributed by atoms with E-state index in [9.17, 15) is 4.89 Å². The van der Waals surface area contributed by atoms with Crippen LogP contribution < -0.4 is 4.89 Å². The number of hydrogen-bond acceptors (Lipinski definition) is 4. The van der Waals surface area contributed by atoms with Crippen LogP contribution in [0.5, 0.6) is 0 Å². The first kappa shape index (κ1) is 50.8. The molecule has 0 spiro atoms. The third-order valence-corrected chi connectivity index (χ3v) is 15.3. The highest BCUT2D eigenvalue weighted by Gasteiger charge is 2.30. The zero-order valence-corrected chi connectivity index (χ0v) is 39.3. The van der Waals surface area contributed by atoms with Crippen molar-refractivity contribution in [1.29, 1.82) is 0 Å². The molecule has 3 rings (SSSR count). The summed E-state index contributed by atoms with van der Waals surface area (Å²) in [7, 11) is 0. The molecular weight excluding hydrogens is 688 g/mol. The molecule has 3 aliphatic rings. The van der Waals surface area contributed by atoms with Crippen LogP contribution in [0.4, 0.5) is 0 Å². The molecule has 0 heterocycles. The Bertz CT molecular complexity index is 1100. The summed E-state index contributed by atoms with van der Waals surface area (Å²) in [5.74, 6) is 2.66. The molecule has 0 N–H and O–H groups in total. The molecule has 312 valence electrons. The third-order valence-electron chi connectivity index (χ3n) is 11.1. The smallest absolute Gasteiger partial charge is 0.0663 e. The van der Waals surface area contributed by atoms with Gasteiger partial charge in [0.15, 0.2) is 0 Å². The number of rotatable bonds is 11. The molecule has 0 amide bonds. The van der Waals surface area contributed by atoms with Crippen molar-refractivity contribution >= 4 is 18.3 Å². The summed E-state index contributed by atoms with van der Waals surface area (Å²) in [5, 5.41) is -0.468. The molecule has 0 aliphatic heterocycles. The molecule has 3 nitrogen and oxygen atoms in total. The Balaban J connectivity index is 0.000000405. The van der Waals surface area contributed by atoms with Crippen LogP contribution in [0, 0.1) is 23.2 Å². The fourth-order valence-electron chi connectivity index (χ4n) is 7.70. The number of hydrogen-bond donors (Lipinski definition) is 0. The van der Waals surface area contributed by atoms with Crippen LogP contribution >= 0.6 is 6.49 Å². The SMILES string of the molecule is CC(C)(C)CCC1CC/C=C/CCC1.CC(C)(C)OC(C)(C)CCC1CC/C=C/CCC1.CC(C)(CCC1CC/C=C/CCC1)OP([O-])(=S)C(C)(C)C. The lowest BCUT2D eigenvalue weighted by Gasteiger charge is -2.45. The van der Waals surface area contributed by atoms with Gasteiger partial charge in [-0.3, -0.25) is 0 Å². The molecule has 3 aliphatic carbocycles. The van der Waals surface area contributed by atoms with Crippen molar-refractivity contribution in [3.63, 3.8) is 0 Å². The van der Waals surface area contributed by atoms with E-state index in [0.717, 1.165) is 30.6 Å². The van der Waals surface area contributed by atoms with Gasteiger partial charge in [0.1, 0.15) is 0 Å². The molecule has 0 fully saturated rings. The molecule has 0 aromatic rings. The second kappa shape index (κ2) is 24.5. The molecule has 53 heavy (non-hydrogen) atoms. The molecule has 0 saturated carbocycles. The topological polar surface area (TPSA) is 41.5 Å². The van der Waals surface area contributed by atoms with Crippen molar-refractivity contribution in [3.05, 3.63) is 36.5 Å². The van der Waals surface area contributed by atoms with Gasteiger partial charge in [-0.25, -0.2) is 0 Å². The predicted octanol–water partition coefficient (Wildman–Crippen LogP) is 15.6. The van der Waals surface area contributed by atoms with Gasteiger partial charge >= 0.3 is 0 Å². The normalized spacial score (nSPS) is 25.5. The minimum atomic E-state index is -3.01. The minimum Gasteiger partial charge on any atom is -0.800 e. The summed E-state index contributed by atoms with van der Waals surface area (Å²) in [5.41, 5.74) is 0.102. The lowest BCUT2D eigenvalue weighted by atomic mass is 9.83. The highest BCUT2D eigenvalue weighted by Crippen LogP contribution is 2.54. The summed E-state index contributed by atoms with van der Waals surface area (Å²) in [4.78, 5) is 12.6. The molecule has 0 saturated heterocycles. The molecule has 0 radical (unpaired) electrons. The van der Waals surface area contributed by atoms with Crippen LogP contribution in [0.3, 0.4) is 0 Å². The van der Waals surface area contributed by atoms with Crippen LogP contribution in [-0.4, -0.2) is 22.0 Å². The first-order chi connectivity index (χ1) is 24.4. The summed E-state index contributed by atoms with van der Waals surface area (Å²) in [6.07, 6.45) is 41.3. The van der Waals surface area contributed by atoms with Crippen LogP contribution in [0.2, 0.25) is 0 Å². The first-order valence-corrected chi connectivity index (χ1v) is 24.7. The van der Waals surface area contributed by atoms with Gasteiger partial charge in [0.2, 0.25) is 0 Å². The summed E-state index contributed by atoms with van der Waals surface area (Å²) < 4.78 is 12.1. The molecular formula is C48H90O3PS-. The molecule has 4 atom stereocenters. The van der Waals surface area contributed by atoms with Gasteiger partial charge in [-0.05, 0) is 187 Å². The zero-order chi connectivity index (χ0) is 40.2. The predicted molar refractivity (Wildman–Crippen MR) is 238 cm³/mol.